The van der Waals surface area contributed by atoms with Crippen molar-refractivity contribution in [1.82, 2.24) is 0 Å². The molecule has 0 radical (unpaired) electrons. The van der Waals surface area contributed by atoms with Crippen LogP contribution in [0.25, 0.3) is 0 Å². The predicted octanol–water partition coefficient (Wildman–Crippen LogP) is 2.14. The van der Waals surface area contributed by atoms with Gasteiger partial charge in [-0.1, -0.05) is 18.2 Å². The van der Waals surface area contributed by atoms with Crippen molar-refractivity contribution in [3.05, 3.63) is 29.3 Å². The van der Waals surface area contributed by atoms with Crippen LogP contribution in [0.15, 0.2) is 18.2 Å². The first-order valence-electron chi connectivity index (χ1n) is 5.02. The van der Waals surface area contributed by atoms with Crippen LogP contribution in [-0.2, 0) is 17.6 Å². The van der Waals surface area contributed by atoms with Gasteiger partial charge in [0.2, 0.25) is 0 Å². The van der Waals surface area contributed by atoms with Crippen LogP contribution in [0.1, 0.15) is 24.5 Å². The van der Waals surface area contributed by atoms with Crippen LogP contribution in [0.2, 0.25) is 0 Å². The van der Waals surface area contributed by atoms with Crippen LogP contribution in [-0.4, -0.2) is 12.4 Å². The molecule has 1 unspecified atom stereocenters. The van der Waals surface area contributed by atoms with Crippen LogP contribution >= 0.6 is 0 Å². The van der Waals surface area contributed by atoms with Crippen molar-refractivity contribution in [2.45, 2.75) is 32.3 Å². The first-order valence-corrected chi connectivity index (χ1v) is 5.02. The minimum absolute atomic E-state index is 0.280. The molecule has 1 aromatic rings. The summed E-state index contributed by atoms with van der Waals surface area (Å²) in [6.45, 7) is 2.07. The zero-order valence-electron chi connectivity index (χ0n) is 8.32. The molecule has 2 heteroatoms. The average Bonchev–Trinajstić information content (AvgIpc) is 2.55. The summed E-state index contributed by atoms with van der Waals surface area (Å²) in [7, 11) is 0. The lowest BCUT2D eigenvalue weighted by Crippen LogP contribution is -2.06. The normalized spacial score (nSPS) is 18.8. The smallest absolute Gasteiger partial charge is 0.126 e. The van der Waals surface area contributed by atoms with Crippen LogP contribution < -0.4 is 4.74 Å². The van der Waals surface area contributed by atoms with E-state index in [9.17, 15) is 4.79 Å². The fourth-order valence-corrected chi connectivity index (χ4v) is 1.91. The number of benzene rings is 1. The Labute approximate surface area is 83.9 Å². The summed E-state index contributed by atoms with van der Waals surface area (Å²) < 4.78 is 5.72. The van der Waals surface area contributed by atoms with Gasteiger partial charge in [-0.05, 0) is 24.5 Å². The second-order valence-electron chi connectivity index (χ2n) is 3.74. The van der Waals surface area contributed by atoms with Crippen molar-refractivity contribution < 1.29 is 9.53 Å². The van der Waals surface area contributed by atoms with E-state index in [2.05, 4.69) is 13.0 Å². The van der Waals surface area contributed by atoms with E-state index in [1.54, 1.807) is 0 Å². The van der Waals surface area contributed by atoms with Crippen LogP contribution in [0.3, 0.4) is 0 Å². The van der Waals surface area contributed by atoms with E-state index in [1.165, 1.54) is 11.1 Å². The molecular formula is C12H14O2. The average molecular weight is 190 g/mol. The molecule has 0 aliphatic carbocycles. The third-order valence-electron chi connectivity index (χ3n) is 2.54. The first-order chi connectivity index (χ1) is 6.81. The maximum Gasteiger partial charge on any atom is 0.126 e. The van der Waals surface area contributed by atoms with Gasteiger partial charge in [-0.25, -0.2) is 0 Å². The largest absolute Gasteiger partial charge is 0.490 e. The molecule has 1 atom stereocenters. The van der Waals surface area contributed by atoms with E-state index in [0.29, 0.717) is 6.42 Å². The number of ether oxygens (including phenoxy) is 1. The molecule has 0 aromatic heterocycles. The molecule has 0 spiro atoms. The van der Waals surface area contributed by atoms with E-state index in [1.807, 2.05) is 12.1 Å². The van der Waals surface area contributed by atoms with E-state index >= 15 is 0 Å². The van der Waals surface area contributed by atoms with Crippen molar-refractivity contribution in [1.29, 1.82) is 0 Å². The minimum Gasteiger partial charge on any atom is -0.490 e. The fourth-order valence-electron chi connectivity index (χ4n) is 1.91. The van der Waals surface area contributed by atoms with Crippen molar-refractivity contribution in [2.24, 2.45) is 0 Å². The number of hydrogen-bond donors (Lipinski definition) is 0. The molecule has 74 valence electrons. The van der Waals surface area contributed by atoms with Gasteiger partial charge in [0.25, 0.3) is 0 Å². The van der Waals surface area contributed by atoms with Crippen molar-refractivity contribution in [3.63, 3.8) is 0 Å². The van der Waals surface area contributed by atoms with Gasteiger partial charge in [0.15, 0.2) is 0 Å². The molecule has 2 nitrogen and oxygen atoms in total. The van der Waals surface area contributed by atoms with Gasteiger partial charge in [-0.15, -0.1) is 0 Å². The molecule has 1 aliphatic heterocycles. The molecule has 0 amide bonds. The maximum atomic E-state index is 10.3. The van der Waals surface area contributed by atoms with Gasteiger partial charge in [0.1, 0.15) is 18.1 Å². The van der Waals surface area contributed by atoms with Gasteiger partial charge in [-0.2, -0.15) is 0 Å². The Kier molecular flexibility index (Phi) is 2.53. The Hall–Kier alpha value is -1.31. The first kappa shape index (κ1) is 9.25. The predicted molar refractivity (Wildman–Crippen MR) is 54.6 cm³/mol. The number of aryl methyl sites for hydroxylation is 1. The number of aldehydes is 1. The zero-order valence-corrected chi connectivity index (χ0v) is 8.32. The fraction of sp³-hybridized carbons (Fsp3) is 0.417. The lowest BCUT2D eigenvalue weighted by atomic mass is 10.0. The van der Waals surface area contributed by atoms with E-state index < -0.39 is 0 Å². The van der Waals surface area contributed by atoms with Gasteiger partial charge in [-0.3, -0.25) is 0 Å². The number of carbonyl (C=O) groups excluding carboxylic acids is 1. The molecule has 0 saturated carbocycles. The standard InChI is InChI=1S/C12H14O2/c1-9-8-11-5-2-4-10(6-3-7-13)12(11)14-9/h2,4-5,7,9H,3,6,8H2,1H3. The molecular weight excluding hydrogens is 176 g/mol. The van der Waals surface area contributed by atoms with Crippen LogP contribution in [0, 0.1) is 0 Å². The Morgan fingerprint density at radius 1 is 1.57 bits per heavy atom. The zero-order chi connectivity index (χ0) is 9.97. The third kappa shape index (κ3) is 1.65. The molecule has 0 fully saturated rings. The van der Waals surface area contributed by atoms with Crippen molar-refractivity contribution in [3.8, 4) is 5.75 Å². The second kappa shape index (κ2) is 3.82. The molecule has 1 aliphatic rings. The van der Waals surface area contributed by atoms with Gasteiger partial charge >= 0.3 is 0 Å². The molecule has 14 heavy (non-hydrogen) atoms. The Morgan fingerprint density at radius 3 is 3.21 bits per heavy atom. The summed E-state index contributed by atoms with van der Waals surface area (Å²) in [4.78, 5) is 10.3. The SMILES string of the molecule is CC1Cc2cccc(CCC=O)c2O1. The molecule has 0 bridgehead atoms. The molecule has 0 N–H and O–H groups in total. The molecule has 2 rings (SSSR count). The summed E-state index contributed by atoms with van der Waals surface area (Å²) in [5.41, 5.74) is 2.44. The Bertz CT molecular complexity index is 344. The number of rotatable bonds is 3. The topological polar surface area (TPSA) is 26.3 Å². The summed E-state index contributed by atoms with van der Waals surface area (Å²) in [5.74, 6) is 1.02. The van der Waals surface area contributed by atoms with Gasteiger partial charge < -0.3 is 9.53 Å². The Morgan fingerprint density at radius 2 is 2.43 bits per heavy atom. The minimum atomic E-state index is 0.280. The van der Waals surface area contributed by atoms with Gasteiger partial charge in [0.05, 0.1) is 0 Å². The molecule has 1 heterocycles. The van der Waals surface area contributed by atoms with E-state index in [4.69, 9.17) is 4.74 Å². The number of hydrogen-bond acceptors (Lipinski definition) is 2. The number of para-hydroxylation sites is 1. The number of fused-ring (bicyclic) bond motifs is 1. The van der Waals surface area contributed by atoms with Crippen molar-refractivity contribution in [2.75, 3.05) is 0 Å². The molecule has 1 aromatic carbocycles. The summed E-state index contributed by atoms with van der Waals surface area (Å²) >= 11 is 0. The number of carbonyl (C=O) groups is 1. The lowest BCUT2D eigenvalue weighted by molar-refractivity contribution is -0.107. The Balaban J connectivity index is 2.25. The van der Waals surface area contributed by atoms with Gasteiger partial charge in [0, 0.05) is 12.8 Å². The highest BCUT2D eigenvalue weighted by atomic mass is 16.5. The quantitative estimate of drug-likeness (QED) is 0.682. The van der Waals surface area contributed by atoms with E-state index in [-0.39, 0.29) is 6.10 Å². The third-order valence-corrected chi connectivity index (χ3v) is 2.54. The molecule has 0 saturated heterocycles. The van der Waals surface area contributed by atoms with Crippen molar-refractivity contribution >= 4 is 6.29 Å². The highest BCUT2D eigenvalue weighted by molar-refractivity contribution is 5.52. The summed E-state index contributed by atoms with van der Waals surface area (Å²) in [6, 6.07) is 6.18. The highest BCUT2D eigenvalue weighted by Gasteiger charge is 2.20. The highest BCUT2D eigenvalue weighted by Crippen LogP contribution is 2.32. The summed E-state index contributed by atoms with van der Waals surface area (Å²) in [5, 5.41) is 0. The van der Waals surface area contributed by atoms with E-state index in [0.717, 1.165) is 24.9 Å². The maximum absolute atomic E-state index is 10.3. The second-order valence-corrected chi connectivity index (χ2v) is 3.74. The monoisotopic (exact) mass is 190 g/mol. The van der Waals surface area contributed by atoms with Crippen LogP contribution in [0.5, 0.6) is 5.75 Å². The van der Waals surface area contributed by atoms with Crippen LogP contribution in [0.4, 0.5) is 0 Å². The summed E-state index contributed by atoms with van der Waals surface area (Å²) in [6.07, 6.45) is 3.60. The lowest BCUT2D eigenvalue weighted by Gasteiger charge is -2.07.